The second kappa shape index (κ2) is 5.74. The van der Waals surface area contributed by atoms with Gasteiger partial charge in [-0.05, 0) is 26.2 Å². The number of rotatable bonds is 3. The molecule has 0 rings (SSSR count). The quantitative estimate of drug-likeness (QED) is 0.473. The van der Waals surface area contributed by atoms with Crippen molar-refractivity contribution in [2.75, 3.05) is 0 Å². The Morgan fingerprint density at radius 3 is 2.29 bits per heavy atom. The standard InChI is InChI=1S/C7H12/c1-3-5-7-6-4-2/h5,7H,1-4,6H2/b7-5+. The van der Waals surface area contributed by atoms with E-state index in [-0.39, 0.29) is 0 Å². The van der Waals surface area contributed by atoms with Crippen LogP contribution in [-0.2, 0) is 0 Å². The van der Waals surface area contributed by atoms with Gasteiger partial charge in [-0.1, -0.05) is 19.1 Å². The molecule has 0 aromatic heterocycles. The highest BCUT2D eigenvalue weighted by Crippen LogP contribution is 1.88. The van der Waals surface area contributed by atoms with Crippen LogP contribution in [0.4, 0.5) is 0 Å². The van der Waals surface area contributed by atoms with E-state index in [1.54, 1.807) is 0 Å². The molecule has 0 amide bonds. The first-order chi connectivity index (χ1) is 3.41. The molecular weight excluding hydrogens is 84.1 g/mol. The van der Waals surface area contributed by atoms with Crippen LogP contribution in [0.2, 0.25) is 0 Å². The summed E-state index contributed by atoms with van der Waals surface area (Å²) in [5.41, 5.74) is 0. The summed E-state index contributed by atoms with van der Waals surface area (Å²) >= 11 is 0. The first kappa shape index (κ1) is 6.74. The fraction of sp³-hybridized carbons (Fsp3) is 0.429. The minimum atomic E-state index is 0.903. The maximum Gasteiger partial charge on any atom is -0.0351 e. The molecule has 2 radical (unpaired) electrons. The number of hydrogen-bond donors (Lipinski definition) is 0. The van der Waals surface area contributed by atoms with Gasteiger partial charge in [-0.15, -0.1) is 0 Å². The van der Waals surface area contributed by atoms with E-state index in [0.29, 0.717) is 0 Å². The lowest BCUT2D eigenvalue weighted by Crippen LogP contribution is -1.59. The number of allylic oxidation sites excluding steroid dienone is 2. The third kappa shape index (κ3) is 5.74. The third-order valence-corrected chi connectivity index (χ3v) is 0.704. The van der Waals surface area contributed by atoms with Gasteiger partial charge < -0.3 is 0 Å². The molecule has 40 valence electrons. The summed E-state index contributed by atoms with van der Waals surface area (Å²) in [5.74, 6) is 0. The number of hydrogen-bond acceptors (Lipinski definition) is 0. The molecule has 0 heterocycles. The highest BCUT2D eigenvalue weighted by Gasteiger charge is 1.68. The Morgan fingerprint density at radius 1 is 1.14 bits per heavy atom. The molecule has 0 heteroatoms. The lowest BCUT2D eigenvalue weighted by atomic mass is 10.3. The predicted molar refractivity (Wildman–Crippen MR) is 33.7 cm³/mol. The van der Waals surface area contributed by atoms with E-state index in [0.717, 1.165) is 19.3 Å². The van der Waals surface area contributed by atoms with Crippen molar-refractivity contribution in [3.63, 3.8) is 0 Å². The van der Waals surface area contributed by atoms with Crippen LogP contribution in [0.15, 0.2) is 12.2 Å². The van der Waals surface area contributed by atoms with Gasteiger partial charge in [0.15, 0.2) is 0 Å². The summed E-state index contributed by atoms with van der Waals surface area (Å²) in [6.45, 7) is 7.34. The number of unbranched alkanes of at least 4 members (excludes halogenated alkanes) is 1. The Balaban J connectivity index is 2.78. The Bertz CT molecular complexity index is 44.0. The Labute approximate surface area is 46.2 Å². The fourth-order valence-corrected chi connectivity index (χ4v) is 0.354. The van der Waals surface area contributed by atoms with Crippen molar-refractivity contribution < 1.29 is 0 Å². The van der Waals surface area contributed by atoms with E-state index >= 15 is 0 Å². The van der Waals surface area contributed by atoms with Gasteiger partial charge in [0.05, 0.1) is 0 Å². The van der Waals surface area contributed by atoms with E-state index in [9.17, 15) is 0 Å². The molecule has 0 aromatic rings. The van der Waals surface area contributed by atoms with Crippen molar-refractivity contribution in [1.29, 1.82) is 0 Å². The van der Waals surface area contributed by atoms with E-state index in [2.05, 4.69) is 26.0 Å². The van der Waals surface area contributed by atoms with Gasteiger partial charge in [-0.2, -0.15) is 0 Å². The lowest BCUT2D eigenvalue weighted by Gasteiger charge is -1.79. The van der Waals surface area contributed by atoms with Crippen molar-refractivity contribution in [2.45, 2.75) is 19.3 Å². The summed E-state index contributed by atoms with van der Waals surface area (Å²) < 4.78 is 0. The van der Waals surface area contributed by atoms with E-state index in [1.165, 1.54) is 0 Å². The van der Waals surface area contributed by atoms with Crippen LogP contribution in [0.5, 0.6) is 0 Å². The molecule has 0 aliphatic carbocycles. The molecule has 0 N–H and O–H groups in total. The van der Waals surface area contributed by atoms with Crippen molar-refractivity contribution in [3.05, 3.63) is 26.0 Å². The largest absolute Gasteiger partial charge is 0.0885 e. The normalized spacial score (nSPS) is 10.6. The SMILES string of the molecule is [CH2]C/C=C/CC[CH2]. The summed E-state index contributed by atoms with van der Waals surface area (Å²) in [4.78, 5) is 0. The van der Waals surface area contributed by atoms with Crippen LogP contribution < -0.4 is 0 Å². The van der Waals surface area contributed by atoms with Gasteiger partial charge in [0.2, 0.25) is 0 Å². The first-order valence-electron chi connectivity index (χ1n) is 2.65. The van der Waals surface area contributed by atoms with Crippen molar-refractivity contribution in [1.82, 2.24) is 0 Å². The molecule has 0 bridgehead atoms. The van der Waals surface area contributed by atoms with Crippen LogP contribution in [0.3, 0.4) is 0 Å². The third-order valence-electron chi connectivity index (χ3n) is 0.704. The first-order valence-corrected chi connectivity index (χ1v) is 2.65. The average Bonchev–Trinajstić information content (AvgIpc) is 1.69. The Kier molecular flexibility index (Phi) is 5.53. The van der Waals surface area contributed by atoms with Gasteiger partial charge in [-0.25, -0.2) is 0 Å². The summed E-state index contributed by atoms with van der Waals surface area (Å²) in [6, 6.07) is 0. The Morgan fingerprint density at radius 2 is 1.86 bits per heavy atom. The topological polar surface area (TPSA) is 0 Å². The molecule has 0 unspecified atom stereocenters. The second-order valence-electron chi connectivity index (χ2n) is 1.40. The molecule has 0 aromatic carbocycles. The molecule has 0 nitrogen and oxygen atoms in total. The molecule has 0 spiro atoms. The van der Waals surface area contributed by atoms with Crippen molar-refractivity contribution in [3.8, 4) is 0 Å². The van der Waals surface area contributed by atoms with E-state index in [4.69, 9.17) is 0 Å². The molecule has 7 heavy (non-hydrogen) atoms. The van der Waals surface area contributed by atoms with Crippen LogP contribution in [0.25, 0.3) is 0 Å². The zero-order valence-corrected chi connectivity index (χ0v) is 4.69. The van der Waals surface area contributed by atoms with Crippen LogP contribution in [0, 0.1) is 13.8 Å². The maximum atomic E-state index is 3.69. The molecule has 0 saturated heterocycles. The maximum absolute atomic E-state index is 3.69. The zero-order chi connectivity index (χ0) is 5.54. The second-order valence-corrected chi connectivity index (χ2v) is 1.40. The van der Waals surface area contributed by atoms with Gasteiger partial charge in [0, 0.05) is 0 Å². The highest BCUT2D eigenvalue weighted by molar-refractivity contribution is 4.81. The molecular formula is C7H12. The summed E-state index contributed by atoms with van der Waals surface area (Å²) in [6.07, 6.45) is 7.16. The molecule has 0 saturated carbocycles. The fourth-order valence-electron chi connectivity index (χ4n) is 0.354. The van der Waals surface area contributed by atoms with Gasteiger partial charge in [0.25, 0.3) is 0 Å². The van der Waals surface area contributed by atoms with Gasteiger partial charge in [0.1, 0.15) is 0 Å². The molecule has 0 fully saturated rings. The monoisotopic (exact) mass is 96.1 g/mol. The van der Waals surface area contributed by atoms with Crippen LogP contribution >= 0.6 is 0 Å². The van der Waals surface area contributed by atoms with E-state index < -0.39 is 0 Å². The zero-order valence-electron chi connectivity index (χ0n) is 4.69. The smallest absolute Gasteiger partial charge is 0.0351 e. The minimum absolute atomic E-state index is 0.903. The van der Waals surface area contributed by atoms with Gasteiger partial charge >= 0.3 is 0 Å². The van der Waals surface area contributed by atoms with E-state index in [1.807, 2.05) is 0 Å². The highest BCUT2D eigenvalue weighted by atomic mass is 13.7. The lowest BCUT2D eigenvalue weighted by molar-refractivity contribution is 1.04. The Hall–Kier alpha value is -0.260. The van der Waals surface area contributed by atoms with Crippen molar-refractivity contribution >= 4 is 0 Å². The van der Waals surface area contributed by atoms with Crippen LogP contribution in [-0.4, -0.2) is 0 Å². The summed E-state index contributed by atoms with van der Waals surface area (Å²) in [7, 11) is 0. The van der Waals surface area contributed by atoms with Crippen LogP contribution in [0.1, 0.15) is 19.3 Å². The predicted octanol–water partition coefficient (Wildman–Crippen LogP) is 2.38. The molecule has 0 aliphatic rings. The van der Waals surface area contributed by atoms with Gasteiger partial charge in [-0.3, -0.25) is 0 Å². The molecule has 0 aliphatic heterocycles. The molecule has 0 atom stereocenters. The minimum Gasteiger partial charge on any atom is -0.0885 e. The van der Waals surface area contributed by atoms with Crippen molar-refractivity contribution in [2.24, 2.45) is 0 Å². The summed E-state index contributed by atoms with van der Waals surface area (Å²) in [5, 5.41) is 0. The average molecular weight is 96.2 g/mol.